The molecule has 13 heteroatoms. The van der Waals surface area contributed by atoms with Crippen molar-refractivity contribution in [3.8, 4) is 0 Å². The van der Waals surface area contributed by atoms with Gasteiger partial charge >= 0.3 is 0 Å². The van der Waals surface area contributed by atoms with Crippen LogP contribution < -0.4 is 0 Å². The minimum absolute atomic E-state index is 0.515. The monoisotopic (exact) mass is 406 g/mol. The van der Waals surface area contributed by atoms with Crippen LogP contribution in [0.15, 0.2) is 22.0 Å². The molecule has 19 heavy (non-hydrogen) atoms. The molecule has 0 saturated heterocycles. The number of allylic oxidation sites excluding steroid dienone is 2. The summed E-state index contributed by atoms with van der Waals surface area (Å²) in [6.07, 6.45) is 0.781. The van der Waals surface area contributed by atoms with E-state index in [9.17, 15) is 25.3 Å². The molecule has 0 fully saturated rings. The summed E-state index contributed by atoms with van der Waals surface area (Å²) in [5.74, 6) is 0. The number of hydrogen-bond donors (Lipinski definition) is 1. The summed E-state index contributed by atoms with van der Waals surface area (Å²) in [5.41, 5.74) is 0. The molecule has 0 spiro atoms. The Labute approximate surface area is 129 Å². The van der Waals surface area contributed by atoms with Crippen molar-refractivity contribution in [1.29, 1.82) is 0 Å². The van der Waals surface area contributed by atoms with Crippen molar-refractivity contribution < 1.29 is 25.3 Å². The summed E-state index contributed by atoms with van der Waals surface area (Å²) in [6, 6.07) is 0. The number of hydrogen-bond acceptors (Lipinski definition) is 7. The molecule has 0 aromatic carbocycles. The van der Waals surface area contributed by atoms with Gasteiger partial charge in [0, 0.05) is 38.5 Å². The fraction of sp³-hybridized carbons (Fsp3) is 0.333. The van der Waals surface area contributed by atoms with Crippen LogP contribution in [0, 0.1) is 0 Å². The molecule has 1 unspecified atom stereocenters. The average molecular weight is 408 g/mol. The molecule has 0 heterocycles. The second-order valence-corrected chi connectivity index (χ2v) is 12.4. The van der Waals surface area contributed by atoms with Gasteiger partial charge in [0.2, 0.25) is 0 Å². The molecule has 0 radical (unpaired) electrons. The maximum atomic E-state index is 11.4. The lowest BCUT2D eigenvalue weighted by atomic mass is 10.2. The molecule has 0 amide bonds. The summed E-state index contributed by atoms with van der Waals surface area (Å²) in [6.45, 7) is 0. The lowest BCUT2D eigenvalue weighted by Crippen LogP contribution is -2.35. The predicted octanol–water partition coefficient (Wildman–Crippen LogP) is 1.49. The Morgan fingerprint density at radius 1 is 1.00 bits per heavy atom. The fourth-order valence-corrected chi connectivity index (χ4v) is 6.12. The smallest absolute Gasteiger partial charge is 0.210 e. The first-order valence-corrected chi connectivity index (χ1v) is 11.6. The molecule has 1 atom stereocenters. The van der Waals surface area contributed by atoms with Gasteiger partial charge in [-0.15, -0.1) is 12.6 Å². The molecule has 0 aliphatic heterocycles. The summed E-state index contributed by atoms with van der Waals surface area (Å²) in [5, 5.41) is 0. The quantitative estimate of drug-likeness (QED) is 0.561. The van der Waals surface area contributed by atoms with Gasteiger partial charge in [-0.3, -0.25) is 0 Å². The first-order chi connectivity index (χ1) is 8.19. The number of halogens is 3. The topological polar surface area (TPSA) is 102 Å². The lowest BCUT2D eigenvalue weighted by Gasteiger charge is -2.27. The third-order valence-corrected chi connectivity index (χ3v) is 8.79. The van der Waals surface area contributed by atoms with Gasteiger partial charge in [-0.25, -0.2) is 25.3 Å². The standard InChI is InChI=1S/C6H5Cl3O6S4/c7-17(10,11)4-1-2-6(16,19(9,14)15)5(3-4)18(8,12)13/h1,3,16H,2H2. The van der Waals surface area contributed by atoms with E-state index in [1.165, 1.54) is 0 Å². The molecule has 0 saturated carbocycles. The van der Waals surface area contributed by atoms with E-state index in [0.717, 1.165) is 6.08 Å². The summed E-state index contributed by atoms with van der Waals surface area (Å²) >= 11 is 3.72. The summed E-state index contributed by atoms with van der Waals surface area (Å²) in [7, 11) is 1.93. The van der Waals surface area contributed by atoms with E-state index in [1.807, 2.05) is 0 Å². The Hall–Kier alpha value is 0.550. The minimum atomic E-state index is -4.58. The van der Waals surface area contributed by atoms with Gasteiger partial charge in [0.05, 0.1) is 9.81 Å². The van der Waals surface area contributed by atoms with Crippen LogP contribution in [0.2, 0.25) is 0 Å². The molecule has 1 rings (SSSR count). The van der Waals surface area contributed by atoms with E-state index in [-0.39, 0.29) is 0 Å². The normalized spacial score (nSPS) is 25.7. The van der Waals surface area contributed by atoms with Gasteiger partial charge in [-0.1, -0.05) is 6.08 Å². The number of rotatable bonds is 3. The molecule has 0 aromatic rings. The zero-order chi connectivity index (χ0) is 15.3. The van der Waals surface area contributed by atoms with Crippen molar-refractivity contribution in [2.75, 3.05) is 0 Å². The van der Waals surface area contributed by atoms with Gasteiger partial charge < -0.3 is 0 Å². The highest BCUT2D eigenvalue weighted by atomic mass is 35.7. The molecular weight excluding hydrogens is 403 g/mol. The van der Waals surface area contributed by atoms with Crippen molar-refractivity contribution in [1.82, 2.24) is 0 Å². The molecule has 0 N–H and O–H groups in total. The van der Waals surface area contributed by atoms with Crippen LogP contribution in [0.5, 0.6) is 0 Å². The molecule has 0 aromatic heterocycles. The van der Waals surface area contributed by atoms with E-state index < -0.39 is 47.5 Å². The van der Waals surface area contributed by atoms with Crippen LogP contribution in [0.4, 0.5) is 0 Å². The Morgan fingerprint density at radius 2 is 1.47 bits per heavy atom. The van der Waals surface area contributed by atoms with Gasteiger partial charge in [0.1, 0.15) is 0 Å². The van der Waals surface area contributed by atoms with Crippen LogP contribution in [-0.4, -0.2) is 29.3 Å². The highest BCUT2D eigenvalue weighted by Crippen LogP contribution is 2.45. The maximum Gasteiger partial charge on any atom is 0.261 e. The van der Waals surface area contributed by atoms with Crippen molar-refractivity contribution in [2.45, 2.75) is 10.5 Å². The van der Waals surface area contributed by atoms with E-state index in [1.54, 1.807) is 0 Å². The molecule has 6 nitrogen and oxygen atoms in total. The van der Waals surface area contributed by atoms with Crippen molar-refractivity contribution in [2.24, 2.45) is 0 Å². The highest BCUT2D eigenvalue weighted by Gasteiger charge is 2.49. The second-order valence-electron chi connectivity index (χ2n) is 3.42. The Kier molecular flexibility index (Phi) is 4.70. The van der Waals surface area contributed by atoms with Gasteiger partial charge in [0.15, 0.2) is 4.08 Å². The Bertz CT molecular complexity index is 775. The molecule has 110 valence electrons. The molecular formula is C6H5Cl3O6S4. The molecule has 1 aliphatic rings. The van der Waals surface area contributed by atoms with Crippen molar-refractivity contribution >= 4 is 71.8 Å². The lowest BCUT2D eigenvalue weighted by molar-refractivity contribution is 0.590. The summed E-state index contributed by atoms with van der Waals surface area (Å²) < 4.78 is 65.5. The van der Waals surface area contributed by atoms with Crippen LogP contribution in [0.3, 0.4) is 0 Å². The first-order valence-electron chi connectivity index (χ1n) is 4.18. The minimum Gasteiger partial charge on any atom is -0.210 e. The van der Waals surface area contributed by atoms with E-state index in [2.05, 4.69) is 12.6 Å². The van der Waals surface area contributed by atoms with Crippen molar-refractivity contribution in [3.05, 3.63) is 22.0 Å². The predicted molar refractivity (Wildman–Crippen MR) is 76.8 cm³/mol. The Morgan fingerprint density at radius 3 is 1.79 bits per heavy atom. The van der Waals surface area contributed by atoms with Crippen molar-refractivity contribution in [3.63, 3.8) is 0 Å². The number of thiol groups is 1. The zero-order valence-electron chi connectivity index (χ0n) is 8.62. The first kappa shape index (κ1) is 17.6. The molecule has 1 aliphatic carbocycles. The third kappa shape index (κ3) is 3.60. The van der Waals surface area contributed by atoms with E-state index in [4.69, 9.17) is 32.0 Å². The maximum absolute atomic E-state index is 11.4. The third-order valence-electron chi connectivity index (χ3n) is 2.19. The largest absolute Gasteiger partial charge is 0.261 e. The van der Waals surface area contributed by atoms with E-state index in [0.29, 0.717) is 6.08 Å². The SMILES string of the molecule is O=S(=O)(Cl)C1=CCC(S)(S(=O)(=O)Cl)C(S(=O)(=O)Cl)=C1. The van der Waals surface area contributed by atoms with Crippen LogP contribution >= 0.6 is 44.7 Å². The van der Waals surface area contributed by atoms with Crippen LogP contribution in [0.1, 0.15) is 6.42 Å². The van der Waals surface area contributed by atoms with Gasteiger partial charge in [0.25, 0.3) is 27.2 Å². The van der Waals surface area contributed by atoms with E-state index >= 15 is 0 Å². The Balaban J connectivity index is 3.67. The fourth-order valence-electron chi connectivity index (χ4n) is 1.29. The van der Waals surface area contributed by atoms with Crippen LogP contribution in [0.25, 0.3) is 0 Å². The van der Waals surface area contributed by atoms with Gasteiger partial charge in [-0.05, 0) is 6.08 Å². The highest BCUT2D eigenvalue weighted by molar-refractivity contribution is 8.24. The second kappa shape index (κ2) is 5.08. The van der Waals surface area contributed by atoms with Crippen LogP contribution in [-0.2, 0) is 27.2 Å². The average Bonchev–Trinajstić information content (AvgIpc) is 2.12. The molecule has 0 bridgehead atoms. The zero-order valence-corrected chi connectivity index (χ0v) is 14.2. The summed E-state index contributed by atoms with van der Waals surface area (Å²) in [4.78, 5) is -1.57. The van der Waals surface area contributed by atoms with Gasteiger partial charge in [-0.2, -0.15) is 0 Å².